The Morgan fingerprint density at radius 3 is 1.26 bits per heavy atom. The van der Waals surface area contributed by atoms with E-state index in [-0.39, 0.29) is 32.7 Å². The number of hydrogen-bond donors (Lipinski definition) is 0. The monoisotopic (exact) mass is 820 g/mol. The molecule has 0 spiro atoms. The lowest BCUT2D eigenvalue weighted by Gasteiger charge is -2.11. The van der Waals surface area contributed by atoms with Gasteiger partial charge in [-0.25, -0.2) is 9.59 Å². The van der Waals surface area contributed by atoms with Gasteiger partial charge in [0.25, 0.3) is 0 Å². The summed E-state index contributed by atoms with van der Waals surface area (Å²) in [5, 5.41) is 0.155. The minimum atomic E-state index is -0.652. The fraction of sp³-hybridized carbons (Fsp3) is 0.292. The van der Waals surface area contributed by atoms with E-state index in [1.807, 2.05) is 48.5 Å². The molecule has 5 rings (SSSR count). The molecule has 302 valence electrons. The maximum atomic E-state index is 13.1. The Hall–Kier alpha value is -5.44. The van der Waals surface area contributed by atoms with Gasteiger partial charge in [0, 0.05) is 18.5 Å². The van der Waals surface area contributed by atoms with Crippen molar-refractivity contribution in [3.8, 4) is 23.0 Å². The lowest BCUT2D eigenvalue weighted by molar-refractivity contribution is 0.0733. The van der Waals surface area contributed by atoms with Gasteiger partial charge in [0.1, 0.15) is 11.5 Å². The average Bonchev–Trinajstić information content (AvgIpc) is 3.24. The number of unbranched alkanes of at least 4 members (excludes halogenated alkanes) is 8. The van der Waals surface area contributed by atoms with Gasteiger partial charge in [-0.15, -0.1) is 0 Å². The van der Waals surface area contributed by atoms with Crippen LogP contribution in [0.5, 0.6) is 23.0 Å². The van der Waals surface area contributed by atoms with E-state index < -0.39 is 11.9 Å². The van der Waals surface area contributed by atoms with E-state index in [1.165, 1.54) is 63.5 Å². The Morgan fingerprint density at radius 1 is 0.500 bits per heavy atom. The van der Waals surface area contributed by atoms with Crippen LogP contribution >= 0.6 is 23.2 Å². The van der Waals surface area contributed by atoms with Crippen molar-refractivity contribution in [2.45, 2.75) is 78.1 Å². The molecule has 0 aliphatic carbocycles. The molecule has 0 radical (unpaired) electrons. The summed E-state index contributed by atoms with van der Waals surface area (Å²) < 4.78 is 22.8. The second kappa shape index (κ2) is 23.7. The van der Waals surface area contributed by atoms with Crippen LogP contribution in [0, 0.1) is 0 Å². The van der Waals surface area contributed by atoms with Crippen LogP contribution in [-0.4, -0.2) is 37.6 Å². The van der Waals surface area contributed by atoms with E-state index in [9.17, 15) is 9.59 Å². The summed E-state index contributed by atoms with van der Waals surface area (Å²) in [5.74, 6) is 0.316. The molecule has 5 aromatic rings. The highest BCUT2D eigenvalue weighted by atomic mass is 35.5. The second-order valence-corrected chi connectivity index (χ2v) is 14.6. The number of halogens is 2. The van der Waals surface area contributed by atoms with Gasteiger partial charge in [-0.05, 0) is 103 Å². The lowest BCUT2D eigenvalue weighted by atomic mass is 10.1. The van der Waals surface area contributed by atoms with Crippen LogP contribution in [0.4, 0.5) is 11.4 Å². The third-order valence-electron chi connectivity index (χ3n) is 9.12. The molecule has 5 aromatic carbocycles. The predicted octanol–water partition coefficient (Wildman–Crippen LogP) is 13.6. The molecular formula is C48H50Cl2N2O6. The smallest absolute Gasteiger partial charge is 0.343 e. The third-order valence-corrected chi connectivity index (χ3v) is 9.71. The summed E-state index contributed by atoms with van der Waals surface area (Å²) in [7, 11) is 0. The molecule has 0 N–H and O–H groups in total. The molecule has 58 heavy (non-hydrogen) atoms. The number of ether oxygens (including phenoxy) is 4. The van der Waals surface area contributed by atoms with Crippen molar-refractivity contribution in [2.24, 2.45) is 9.98 Å². The highest BCUT2D eigenvalue weighted by Crippen LogP contribution is 2.37. The van der Waals surface area contributed by atoms with Crippen LogP contribution in [0.3, 0.4) is 0 Å². The van der Waals surface area contributed by atoms with Gasteiger partial charge < -0.3 is 18.9 Å². The minimum absolute atomic E-state index is 0.0120. The highest BCUT2D eigenvalue weighted by Gasteiger charge is 2.18. The fourth-order valence-electron chi connectivity index (χ4n) is 5.74. The van der Waals surface area contributed by atoms with E-state index in [1.54, 1.807) is 61.0 Å². The zero-order chi connectivity index (χ0) is 41.0. The van der Waals surface area contributed by atoms with Crippen molar-refractivity contribution in [2.75, 3.05) is 13.2 Å². The van der Waals surface area contributed by atoms with Crippen LogP contribution in [0.1, 0.15) is 110 Å². The van der Waals surface area contributed by atoms with Gasteiger partial charge in [0.15, 0.2) is 11.5 Å². The predicted molar refractivity (Wildman–Crippen MR) is 235 cm³/mol. The van der Waals surface area contributed by atoms with Gasteiger partial charge in [0.2, 0.25) is 0 Å². The summed E-state index contributed by atoms with van der Waals surface area (Å²) >= 11 is 12.7. The zero-order valence-electron chi connectivity index (χ0n) is 33.1. The SMILES string of the molecule is CCCCCCCOc1ccc(N=Cc2ccc(C(=O)Oc3cc(OC(=O)c4ccc(C=Nc5ccc(OCCCCCCC)cc5)cc4)c(Cl)cc3Cl)cc2)cc1. The molecule has 0 bridgehead atoms. The first kappa shape index (κ1) is 43.7. The number of benzene rings is 5. The van der Waals surface area contributed by atoms with Gasteiger partial charge >= 0.3 is 11.9 Å². The molecule has 0 saturated carbocycles. The summed E-state index contributed by atoms with van der Waals surface area (Å²) in [6.45, 7) is 5.83. The summed E-state index contributed by atoms with van der Waals surface area (Å²) in [5.41, 5.74) is 3.72. The number of nitrogens with zero attached hydrogens (tertiary/aromatic N) is 2. The van der Waals surface area contributed by atoms with Gasteiger partial charge in [-0.3, -0.25) is 9.98 Å². The number of carbonyl (C=O) groups excluding carboxylic acids is 2. The molecule has 0 aliphatic rings. The third kappa shape index (κ3) is 14.5. The van der Waals surface area contributed by atoms with Gasteiger partial charge in [-0.2, -0.15) is 0 Å². The molecule has 0 saturated heterocycles. The largest absolute Gasteiger partial charge is 0.494 e. The normalized spacial score (nSPS) is 11.2. The standard InChI is InChI=1S/C48H50Cl2N2O6/c1-3-5-7-9-11-29-55-41-25-21-39(22-26-41)51-33-35-13-17-37(18-14-35)47(53)57-45-32-46(44(50)31-43(45)49)58-48(54)38-19-15-36(16-20-38)34-52-40-23-27-42(28-24-40)56-30-12-10-8-6-4-2/h13-28,31-34H,3-12,29-30H2,1-2H3. The average molecular weight is 822 g/mol. The molecule has 0 aromatic heterocycles. The van der Waals surface area contributed by atoms with Crippen LogP contribution in [0.25, 0.3) is 0 Å². The van der Waals surface area contributed by atoms with Crippen molar-refractivity contribution in [3.05, 3.63) is 141 Å². The highest BCUT2D eigenvalue weighted by molar-refractivity contribution is 6.36. The second-order valence-electron chi connectivity index (χ2n) is 13.8. The first-order chi connectivity index (χ1) is 28.3. The minimum Gasteiger partial charge on any atom is -0.494 e. The number of carbonyl (C=O) groups is 2. The van der Waals surface area contributed by atoms with Crippen molar-refractivity contribution < 1.29 is 28.5 Å². The van der Waals surface area contributed by atoms with Crippen LogP contribution < -0.4 is 18.9 Å². The molecular weight excluding hydrogens is 771 g/mol. The van der Waals surface area contributed by atoms with E-state index in [0.717, 1.165) is 46.8 Å². The number of aliphatic imine (C=N–C) groups is 2. The lowest BCUT2D eigenvalue weighted by Crippen LogP contribution is -2.11. The zero-order valence-corrected chi connectivity index (χ0v) is 34.6. The summed E-state index contributed by atoms with van der Waals surface area (Å²) in [6.07, 6.45) is 15.4. The number of hydrogen-bond acceptors (Lipinski definition) is 8. The van der Waals surface area contributed by atoms with E-state index in [2.05, 4.69) is 23.8 Å². The van der Waals surface area contributed by atoms with Crippen LogP contribution in [-0.2, 0) is 0 Å². The van der Waals surface area contributed by atoms with Crippen LogP contribution in [0.2, 0.25) is 10.0 Å². The van der Waals surface area contributed by atoms with E-state index in [4.69, 9.17) is 42.1 Å². The Bertz CT molecular complexity index is 1950. The first-order valence-electron chi connectivity index (χ1n) is 20.0. The Balaban J connectivity index is 1.10. The number of esters is 2. The van der Waals surface area contributed by atoms with Crippen molar-refractivity contribution in [1.82, 2.24) is 0 Å². The van der Waals surface area contributed by atoms with E-state index in [0.29, 0.717) is 13.2 Å². The Kier molecular flexibility index (Phi) is 17.9. The maximum Gasteiger partial charge on any atom is 0.343 e. The van der Waals surface area contributed by atoms with Crippen molar-refractivity contribution in [1.29, 1.82) is 0 Å². The molecule has 10 heteroatoms. The molecule has 0 unspecified atom stereocenters. The van der Waals surface area contributed by atoms with E-state index >= 15 is 0 Å². The molecule has 0 fully saturated rings. The molecule has 0 heterocycles. The Morgan fingerprint density at radius 2 is 0.879 bits per heavy atom. The van der Waals surface area contributed by atoms with Crippen LogP contribution in [0.15, 0.2) is 119 Å². The van der Waals surface area contributed by atoms with Crippen molar-refractivity contribution in [3.63, 3.8) is 0 Å². The van der Waals surface area contributed by atoms with Crippen molar-refractivity contribution >= 4 is 58.9 Å². The molecule has 0 atom stereocenters. The summed E-state index contributed by atoms with van der Waals surface area (Å²) in [4.78, 5) is 35.2. The molecule has 0 aliphatic heterocycles. The fourth-order valence-corrected chi connectivity index (χ4v) is 6.20. The van der Waals surface area contributed by atoms with Gasteiger partial charge in [0.05, 0.1) is 45.8 Å². The molecule has 8 nitrogen and oxygen atoms in total. The topological polar surface area (TPSA) is 95.8 Å². The van der Waals surface area contributed by atoms with Gasteiger partial charge in [-0.1, -0.05) is 113 Å². The summed E-state index contributed by atoms with van der Waals surface area (Å²) in [6, 6.07) is 31.5. The maximum absolute atomic E-state index is 13.1. The molecule has 0 amide bonds. The quantitative estimate of drug-likeness (QED) is 0.0299. The number of rotatable bonds is 22. The Labute approximate surface area is 351 Å². The first-order valence-corrected chi connectivity index (χ1v) is 20.7.